The van der Waals surface area contributed by atoms with E-state index >= 15 is 0 Å². The van der Waals surface area contributed by atoms with Crippen LogP contribution in [0.5, 0.6) is 11.5 Å². The maximum atomic E-state index is 13.1. The first-order valence-corrected chi connectivity index (χ1v) is 11.0. The van der Waals surface area contributed by atoms with Crippen molar-refractivity contribution in [3.63, 3.8) is 0 Å². The van der Waals surface area contributed by atoms with E-state index in [1.807, 2.05) is 32.0 Å². The third-order valence-corrected chi connectivity index (χ3v) is 5.59. The summed E-state index contributed by atoms with van der Waals surface area (Å²) in [6, 6.07) is 13.5. The Morgan fingerprint density at radius 2 is 1.91 bits per heavy atom. The van der Waals surface area contributed by atoms with Gasteiger partial charge in [0.15, 0.2) is 17.3 Å². The molecule has 0 saturated carbocycles. The predicted octanol–water partition coefficient (Wildman–Crippen LogP) is 4.23. The zero-order valence-corrected chi connectivity index (χ0v) is 19.2. The van der Waals surface area contributed by atoms with Gasteiger partial charge in [0.05, 0.1) is 30.2 Å². The van der Waals surface area contributed by atoms with Crippen molar-refractivity contribution >= 4 is 11.6 Å². The van der Waals surface area contributed by atoms with Crippen LogP contribution in [0.1, 0.15) is 22.6 Å². The fourth-order valence-electron chi connectivity index (χ4n) is 3.78. The highest BCUT2D eigenvalue weighted by Gasteiger charge is 2.17. The molecule has 2 aromatic heterocycles. The second-order valence-corrected chi connectivity index (χ2v) is 8.12. The molecule has 1 N–H and O–H groups in total. The third-order valence-electron chi connectivity index (χ3n) is 5.59. The van der Waals surface area contributed by atoms with Gasteiger partial charge in [0.25, 0.3) is 0 Å². The smallest absolute Gasteiger partial charge is 0.250 e. The van der Waals surface area contributed by atoms with Crippen molar-refractivity contribution in [2.45, 2.75) is 27.0 Å². The number of anilines is 1. The number of amides is 1. The molecule has 180 valence electrons. The quantitative estimate of drug-likeness (QED) is 0.405. The number of halogens is 1. The lowest BCUT2D eigenvalue weighted by molar-refractivity contribution is -0.121. The minimum absolute atomic E-state index is 0.114. The number of carbonyl (C=O) groups is 1. The number of aromatic nitrogens is 3. The molecule has 0 fully saturated rings. The van der Waals surface area contributed by atoms with Gasteiger partial charge in [0.1, 0.15) is 18.1 Å². The molecule has 4 aromatic rings. The van der Waals surface area contributed by atoms with E-state index in [4.69, 9.17) is 18.7 Å². The van der Waals surface area contributed by atoms with Crippen molar-refractivity contribution < 1.29 is 27.9 Å². The molecule has 1 aliphatic rings. The number of rotatable bonds is 8. The molecular weight excluding hydrogens is 455 g/mol. The van der Waals surface area contributed by atoms with Gasteiger partial charge < -0.3 is 24.1 Å². The summed E-state index contributed by atoms with van der Waals surface area (Å²) >= 11 is 0. The average molecular weight is 478 g/mol. The van der Waals surface area contributed by atoms with Crippen LogP contribution < -0.4 is 14.8 Å². The molecule has 0 bridgehead atoms. The summed E-state index contributed by atoms with van der Waals surface area (Å²) in [6.07, 6.45) is 0. The van der Waals surface area contributed by atoms with Gasteiger partial charge in [0, 0.05) is 11.6 Å². The molecule has 2 aromatic carbocycles. The van der Waals surface area contributed by atoms with Crippen LogP contribution in [0.15, 0.2) is 53.1 Å². The first kappa shape index (κ1) is 22.6. The van der Waals surface area contributed by atoms with E-state index in [2.05, 4.69) is 15.6 Å². The highest BCUT2D eigenvalue weighted by molar-refractivity contribution is 5.92. The molecule has 1 amide bonds. The van der Waals surface area contributed by atoms with Gasteiger partial charge in [-0.15, -0.1) is 0 Å². The van der Waals surface area contributed by atoms with E-state index in [1.54, 1.807) is 22.9 Å². The fraction of sp³-hybridized carbons (Fsp3) is 0.240. The Bertz CT molecular complexity index is 1360. The molecule has 0 spiro atoms. The highest BCUT2D eigenvalue weighted by Crippen LogP contribution is 2.36. The molecule has 5 rings (SSSR count). The normalized spacial score (nSPS) is 12.2. The number of nitrogens with one attached hydrogen (secondary N) is 1. The lowest BCUT2D eigenvalue weighted by atomic mass is 10.1. The van der Waals surface area contributed by atoms with Gasteiger partial charge in [-0.25, -0.2) is 4.39 Å². The lowest BCUT2D eigenvalue weighted by Gasteiger charge is -2.07. The molecule has 9 nitrogen and oxygen atoms in total. The summed E-state index contributed by atoms with van der Waals surface area (Å²) in [4.78, 5) is 12.5. The molecule has 3 heterocycles. The fourth-order valence-corrected chi connectivity index (χ4v) is 3.78. The van der Waals surface area contributed by atoms with Crippen LogP contribution in [0.2, 0.25) is 0 Å². The largest absolute Gasteiger partial charge is 0.454 e. The second kappa shape index (κ2) is 9.59. The summed E-state index contributed by atoms with van der Waals surface area (Å²) in [5.41, 5.74) is 4.38. The molecule has 10 heteroatoms. The SMILES string of the molecule is Cc1nn(Cc2ccc(F)cc2)c(C)c1NC(=O)COCc1cc(-c2ccc3c(c2)OCO3)on1. The predicted molar refractivity (Wildman–Crippen MR) is 124 cm³/mol. The Morgan fingerprint density at radius 3 is 2.74 bits per heavy atom. The van der Waals surface area contributed by atoms with Crippen molar-refractivity contribution in [1.29, 1.82) is 0 Å². The van der Waals surface area contributed by atoms with Crippen LogP contribution in [-0.4, -0.2) is 34.2 Å². The average Bonchev–Trinajstić information content (AvgIpc) is 3.57. The lowest BCUT2D eigenvalue weighted by Crippen LogP contribution is -2.19. The molecular formula is C25H23FN4O5. The molecule has 0 unspecified atom stereocenters. The molecule has 1 aliphatic heterocycles. The van der Waals surface area contributed by atoms with Gasteiger partial charge in [-0.2, -0.15) is 5.10 Å². The van der Waals surface area contributed by atoms with Gasteiger partial charge in [-0.1, -0.05) is 17.3 Å². The summed E-state index contributed by atoms with van der Waals surface area (Å²) in [5, 5.41) is 11.4. The molecule has 0 aliphatic carbocycles. The zero-order chi connectivity index (χ0) is 24.4. The maximum absolute atomic E-state index is 13.1. The molecule has 0 saturated heterocycles. The van der Waals surface area contributed by atoms with E-state index < -0.39 is 0 Å². The summed E-state index contributed by atoms with van der Waals surface area (Å²) in [5.74, 6) is 1.31. The first-order chi connectivity index (χ1) is 17.0. The van der Waals surface area contributed by atoms with Gasteiger partial charge in [0.2, 0.25) is 12.7 Å². The monoisotopic (exact) mass is 478 g/mol. The van der Waals surface area contributed by atoms with Gasteiger partial charge >= 0.3 is 0 Å². The molecule has 0 radical (unpaired) electrons. The van der Waals surface area contributed by atoms with Crippen molar-refractivity contribution in [3.05, 3.63) is 77.0 Å². The number of hydrogen-bond acceptors (Lipinski definition) is 7. The Balaban J connectivity index is 1.15. The molecule has 35 heavy (non-hydrogen) atoms. The third kappa shape index (κ3) is 5.02. The van der Waals surface area contributed by atoms with E-state index in [-0.39, 0.29) is 31.7 Å². The van der Waals surface area contributed by atoms with Crippen LogP contribution in [-0.2, 0) is 22.7 Å². The van der Waals surface area contributed by atoms with Crippen molar-refractivity contribution in [2.24, 2.45) is 0 Å². The van der Waals surface area contributed by atoms with E-state index in [0.717, 1.165) is 16.8 Å². The van der Waals surface area contributed by atoms with Crippen LogP contribution in [0.4, 0.5) is 10.1 Å². The number of hydrogen-bond donors (Lipinski definition) is 1. The Labute approximate surface area is 200 Å². The Kier molecular flexibility index (Phi) is 6.19. The summed E-state index contributed by atoms with van der Waals surface area (Å²) in [7, 11) is 0. The van der Waals surface area contributed by atoms with E-state index in [0.29, 0.717) is 40.9 Å². The van der Waals surface area contributed by atoms with E-state index in [1.165, 1.54) is 12.1 Å². The number of benzene rings is 2. The first-order valence-electron chi connectivity index (χ1n) is 11.0. The topological polar surface area (TPSA) is 101 Å². The summed E-state index contributed by atoms with van der Waals surface area (Å²) < 4.78 is 36.5. The van der Waals surface area contributed by atoms with Crippen molar-refractivity contribution in [1.82, 2.24) is 14.9 Å². The Morgan fingerprint density at radius 1 is 1.11 bits per heavy atom. The number of carbonyl (C=O) groups excluding carboxylic acids is 1. The number of ether oxygens (including phenoxy) is 3. The van der Waals surface area contributed by atoms with Crippen molar-refractivity contribution in [3.8, 4) is 22.8 Å². The number of nitrogens with zero attached hydrogens (tertiary/aromatic N) is 3. The van der Waals surface area contributed by atoms with Crippen LogP contribution in [0.25, 0.3) is 11.3 Å². The molecule has 0 atom stereocenters. The van der Waals surface area contributed by atoms with Gasteiger partial charge in [-0.3, -0.25) is 9.48 Å². The maximum Gasteiger partial charge on any atom is 0.250 e. The highest BCUT2D eigenvalue weighted by atomic mass is 19.1. The van der Waals surface area contributed by atoms with Gasteiger partial charge in [-0.05, 0) is 49.7 Å². The number of fused-ring (bicyclic) bond motifs is 1. The minimum atomic E-state index is -0.308. The van der Waals surface area contributed by atoms with Crippen LogP contribution in [0, 0.1) is 19.7 Å². The standard InChI is InChI=1S/C25H23FN4O5/c1-15-25(16(2)30(28-15)11-17-3-6-19(26)7-4-17)27-24(31)13-32-12-20-10-22(35-29-20)18-5-8-21-23(9-18)34-14-33-21/h3-10H,11-14H2,1-2H3,(H,27,31). The number of aryl methyl sites for hydroxylation is 1. The van der Waals surface area contributed by atoms with Crippen LogP contribution in [0.3, 0.4) is 0 Å². The second-order valence-electron chi connectivity index (χ2n) is 8.12. The minimum Gasteiger partial charge on any atom is -0.454 e. The van der Waals surface area contributed by atoms with Crippen LogP contribution >= 0.6 is 0 Å². The summed E-state index contributed by atoms with van der Waals surface area (Å²) in [6.45, 7) is 4.31. The van der Waals surface area contributed by atoms with E-state index in [9.17, 15) is 9.18 Å². The zero-order valence-electron chi connectivity index (χ0n) is 19.2. The Hall–Kier alpha value is -4.18. The van der Waals surface area contributed by atoms with Crippen molar-refractivity contribution in [2.75, 3.05) is 18.7 Å².